The van der Waals surface area contributed by atoms with E-state index >= 15 is 0 Å². The highest BCUT2D eigenvalue weighted by atomic mass is 19.1. The summed E-state index contributed by atoms with van der Waals surface area (Å²) in [7, 11) is 0. The van der Waals surface area contributed by atoms with Crippen molar-refractivity contribution >= 4 is 23.1 Å². The van der Waals surface area contributed by atoms with E-state index in [1.807, 2.05) is 6.07 Å². The molecular weight excluding hydrogens is 340 g/mol. The molecule has 0 spiro atoms. The van der Waals surface area contributed by atoms with Crippen LogP contribution >= 0.6 is 0 Å². The number of hydrogen-bond acceptors (Lipinski definition) is 5. The van der Waals surface area contributed by atoms with Crippen molar-refractivity contribution in [1.82, 2.24) is 10.2 Å². The number of aromatic nitrogens is 2. The van der Waals surface area contributed by atoms with Crippen LogP contribution in [0, 0.1) is 23.0 Å². The standard InChI is InChI=1S/C18H11F2N5O/c19-13-5-2-6-14(20)17(13)23-18(26)15-7-8-16(25-24-15)22-12-4-1-3-11(9-12)10-21/h1-9H,(H,22,25)(H,23,26). The number of nitrogens with one attached hydrogen (secondary N) is 2. The molecule has 2 aromatic carbocycles. The van der Waals surface area contributed by atoms with Crippen molar-refractivity contribution in [2.24, 2.45) is 0 Å². The number of anilines is 3. The van der Waals surface area contributed by atoms with Crippen LogP contribution in [0.3, 0.4) is 0 Å². The van der Waals surface area contributed by atoms with Crippen molar-refractivity contribution in [1.29, 1.82) is 5.26 Å². The summed E-state index contributed by atoms with van der Waals surface area (Å²) >= 11 is 0. The molecule has 0 fully saturated rings. The van der Waals surface area contributed by atoms with E-state index in [-0.39, 0.29) is 5.69 Å². The fraction of sp³-hybridized carbons (Fsp3) is 0. The Morgan fingerprint density at radius 1 is 1.00 bits per heavy atom. The second kappa shape index (κ2) is 7.36. The van der Waals surface area contributed by atoms with Crippen molar-refractivity contribution in [3.8, 4) is 6.07 Å². The van der Waals surface area contributed by atoms with Gasteiger partial charge in [0.2, 0.25) is 0 Å². The van der Waals surface area contributed by atoms with E-state index in [2.05, 4.69) is 20.8 Å². The highest BCUT2D eigenvalue weighted by Gasteiger charge is 2.14. The molecule has 26 heavy (non-hydrogen) atoms. The number of halogens is 2. The predicted molar refractivity (Wildman–Crippen MR) is 90.8 cm³/mol. The second-order valence-corrected chi connectivity index (χ2v) is 5.17. The summed E-state index contributed by atoms with van der Waals surface area (Å²) in [6.45, 7) is 0. The highest BCUT2D eigenvalue weighted by molar-refractivity contribution is 6.02. The summed E-state index contributed by atoms with van der Waals surface area (Å²) in [6, 6.07) is 14.9. The van der Waals surface area contributed by atoms with Gasteiger partial charge in [0, 0.05) is 5.69 Å². The van der Waals surface area contributed by atoms with Crippen LogP contribution in [0.1, 0.15) is 16.1 Å². The molecule has 3 aromatic rings. The van der Waals surface area contributed by atoms with Crippen LogP contribution < -0.4 is 10.6 Å². The van der Waals surface area contributed by atoms with Crippen LogP contribution in [0.5, 0.6) is 0 Å². The molecule has 0 atom stereocenters. The van der Waals surface area contributed by atoms with E-state index in [0.717, 1.165) is 12.1 Å². The maximum Gasteiger partial charge on any atom is 0.276 e. The molecule has 3 rings (SSSR count). The topological polar surface area (TPSA) is 90.7 Å². The Morgan fingerprint density at radius 2 is 1.73 bits per heavy atom. The highest BCUT2D eigenvalue weighted by Crippen LogP contribution is 2.19. The monoisotopic (exact) mass is 351 g/mol. The lowest BCUT2D eigenvalue weighted by Gasteiger charge is -2.08. The average molecular weight is 351 g/mol. The van der Waals surface area contributed by atoms with Gasteiger partial charge >= 0.3 is 0 Å². The van der Waals surface area contributed by atoms with Gasteiger partial charge in [0.25, 0.3) is 5.91 Å². The third kappa shape index (κ3) is 3.79. The molecule has 128 valence electrons. The van der Waals surface area contributed by atoms with Crippen LogP contribution in [0.2, 0.25) is 0 Å². The van der Waals surface area contributed by atoms with Gasteiger partial charge in [-0.3, -0.25) is 4.79 Å². The molecule has 0 aliphatic heterocycles. The zero-order valence-electron chi connectivity index (χ0n) is 13.2. The quantitative estimate of drug-likeness (QED) is 0.749. The Hall–Kier alpha value is -3.86. The molecule has 6 nitrogen and oxygen atoms in total. The second-order valence-electron chi connectivity index (χ2n) is 5.17. The lowest BCUT2D eigenvalue weighted by Crippen LogP contribution is -2.16. The molecule has 8 heteroatoms. The maximum atomic E-state index is 13.6. The summed E-state index contributed by atoms with van der Waals surface area (Å²) in [6.07, 6.45) is 0. The van der Waals surface area contributed by atoms with Gasteiger partial charge in [-0.05, 0) is 42.5 Å². The number of carbonyl (C=O) groups is 1. The van der Waals surface area contributed by atoms with Gasteiger partial charge in [-0.15, -0.1) is 10.2 Å². The van der Waals surface area contributed by atoms with Crippen molar-refractivity contribution in [2.75, 3.05) is 10.6 Å². The van der Waals surface area contributed by atoms with Crippen LogP contribution in [0.4, 0.5) is 26.0 Å². The fourth-order valence-corrected chi connectivity index (χ4v) is 2.13. The largest absolute Gasteiger partial charge is 0.339 e. The first-order valence-electron chi connectivity index (χ1n) is 7.43. The number of hydrogen-bond donors (Lipinski definition) is 2. The Balaban J connectivity index is 1.73. The van der Waals surface area contributed by atoms with Gasteiger partial charge in [-0.2, -0.15) is 5.26 Å². The smallest absolute Gasteiger partial charge is 0.276 e. The average Bonchev–Trinajstić information content (AvgIpc) is 2.65. The van der Waals surface area contributed by atoms with Crippen molar-refractivity contribution < 1.29 is 13.6 Å². The lowest BCUT2D eigenvalue weighted by molar-refractivity contribution is 0.102. The summed E-state index contributed by atoms with van der Waals surface area (Å²) in [5.74, 6) is -2.22. The van der Waals surface area contributed by atoms with Gasteiger partial charge in [-0.25, -0.2) is 8.78 Å². The van der Waals surface area contributed by atoms with Gasteiger partial charge in [-0.1, -0.05) is 12.1 Å². The van der Waals surface area contributed by atoms with E-state index in [0.29, 0.717) is 17.1 Å². The van der Waals surface area contributed by atoms with E-state index in [9.17, 15) is 13.6 Å². The molecular formula is C18H11F2N5O. The number of nitriles is 1. The molecule has 0 aliphatic rings. The number of para-hydroxylation sites is 1. The number of carbonyl (C=O) groups excluding carboxylic acids is 1. The summed E-state index contributed by atoms with van der Waals surface area (Å²) in [5.41, 5.74) is 0.452. The van der Waals surface area contributed by atoms with Crippen LogP contribution in [-0.4, -0.2) is 16.1 Å². The van der Waals surface area contributed by atoms with Gasteiger partial charge in [0.1, 0.15) is 17.3 Å². The molecule has 1 amide bonds. The number of nitrogens with zero attached hydrogens (tertiary/aromatic N) is 3. The predicted octanol–water partition coefficient (Wildman–Crippen LogP) is 3.62. The first-order valence-corrected chi connectivity index (χ1v) is 7.43. The third-order valence-corrected chi connectivity index (χ3v) is 3.36. The van der Waals surface area contributed by atoms with Gasteiger partial charge in [0.15, 0.2) is 11.5 Å². The van der Waals surface area contributed by atoms with Gasteiger partial charge < -0.3 is 10.6 Å². The Bertz CT molecular complexity index is 979. The van der Waals surface area contributed by atoms with Gasteiger partial charge in [0.05, 0.1) is 11.6 Å². The summed E-state index contributed by atoms with van der Waals surface area (Å²) in [5, 5.41) is 21.5. The van der Waals surface area contributed by atoms with Crippen LogP contribution in [-0.2, 0) is 0 Å². The van der Waals surface area contributed by atoms with Crippen molar-refractivity contribution in [3.63, 3.8) is 0 Å². The van der Waals surface area contributed by atoms with Crippen molar-refractivity contribution in [2.45, 2.75) is 0 Å². The van der Waals surface area contributed by atoms with Crippen molar-refractivity contribution in [3.05, 3.63) is 77.5 Å². The van der Waals surface area contributed by atoms with E-state index in [1.165, 1.54) is 18.2 Å². The number of rotatable bonds is 4. The molecule has 0 radical (unpaired) electrons. The Morgan fingerprint density at radius 3 is 2.38 bits per heavy atom. The molecule has 2 N–H and O–H groups in total. The van der Waals surface area contributed by atoms with Crippen LogP contribution in [0.15, 0.2) is 54.6 Å². The SMILES string of the molecule is N#Cc1cccc(Nc2ccc(C(=O)Nc3c(F)cccc3F)nn2)c1. The number of amides is 1. The van der Waals surface area contributed by atoms with E-state index < -0.39 is 23.2 Å². The lowest BCUT2D eigenvalue weighted by atomic mass is 10.2. The Labute approximate surface area is 147 Å². The summed E-state index contributed by atoms with van der Waals surface area (Å²) in [4.78, 5) is 12.1. The minimum absolute atomic E-state index is 0.107. The third-order valence-electron chi connectivity index (χ3n) is 3.36. The van der Waals surface area contributed by atoms with E-state index in [4.69, 9.17) is 5.26 Å². The molecule has 1 aromatic heterocycles. The minimum atomic E-state index is -0.887. The first-order chi connectivity index (χ1) is 12.6. The zero-order valence-corrected chi connectivity index (χ0v) is 13.2. The first kappa shape index (κ1) is 17.0. The molecule has 0 bridgehead atoms. The molecule has 0 saturated carbocycles. The van der Waals surface area contributed by atoms with E-state index in [1.54, 1.807) is 24.3 Å². The van der Waals surface area contributed by atoms with Crippen LogP contribution in [0.25, 0.3) is 0 Å². The number of benzene rings is 2. The maximum absolute atomic E-state index is 13.6. The zero-order chi connectivity index (χ0) is 18.5. The summed E-state index contributed by atoms with van der Waals surface area (Å²) < 4.78 is 27.1. The molecule has 0 aliphatic carbocycles. The Kier molecular flexibility index (Phi) is 4.80. The normalized spacial score (nSPS) is 10.0. The minimum Gasteiger partial charge on any atom is -0.339 e. The fourth-order valence-electron chi connectivity index (χ4n) is 2.13. The molecule has 0 unspecified atom stereocenters. The molecule has 1 heterocycles. The molecule has 0 saturated heterocycles.